The molecule has 2 heterocycles. The molecule has 3 aliphatic rings. The van der Waals surface area contributed by atoms with Crippen molar-refractivity contribution in [2.24, 2.45) is 5.92 Å². The van der Waals surface area contributed by atoms with Crippen LogP contribution in [0.25, 0.3) is 22.0 Å². The van der Waals surface area contributed by atoms with Crippen molar-refractivity contribution in [2.75, 3.05) is 38.2 Å². The maximum atomic E-state index is 14.4. The Labute approximate surface area is 278 Å². The Kier molecular flexibility index (Phi) is 7.70. The lowest BCUT2D eigenvalue weighted by Crippen LogP contribution is -2.55. The third-order valence-corrected chi connectivity index (χ3v) is 10.1. The van der Waals surface area contributed by atoms with Crippen molar-refractivity contribution < 1.29 is 9.53 Å². The summed E-state index contributed by atoms with van der Waals surface area (Å²) in [5.41, 5.74) is 5.69. The van der Waals surface area contributed by atoms with Crippen LogP contribution in [-0.2, 0) is 11.3 Å². The van der Waals surface area contributed by atoms with E-state index < -0.39 is 18.2 Å². The number of benzene rings is 4. The van der Waals surface area contributed by atoms with Gasteiger partial charge in [0.05, 0.1) is 22.0 Å². The third kappa shape index (κ3) is 5.45. The number of fused-ring (bicyclic) bond motifs is 4. The molecule has 9 heteroatoms. The number of aromatic nitrogens is 2. The molecule has 1 aliphatic heterocycles. The molecule has 1 saturated heterocycles. The number of hydrogen-bond acceptors (Lipinski definition) is 6. The van der Waals surface area contributed by atoms with Crippen LogP contribution in [0.1, 0.15) is 47.5 Å². The summed E-state index contributed by atoms with van der Waals surface area (Å²) in [6.07, 6.45) is 0.913. The molecule has 1 atom stereocenters. The van der Waals surface area contributed by atoms with E-state index >= 15 is 0 Å². The van der Waals surface area contributed by atoms with Gasteiger partial charge in [-0.2, -0.15) is 0 Å². The minimum absolute atomic E-state index is 0.157. The first kappa shape index (κ1) is 29.7. The van der Waals surface area contributed by atoms with Gasteiger partial charge in [0, 0.05) is 50.9 Å². The van der Waals surface area contributed by atoms with Gasteiger partial charge >= 0.3 is 6.09 Å². The summed E-state index contributed by atoms with van der Waals surface area (Å²) in [6.45, 7) is 3.70. The summed E-state index contributed by atoms with van der Waals surface area (Å²) in [4.78, 5) is 37.7. The molecule has 238 valence electrons. The van der Waals surface area contributed by atoms with Gasteiger partial charge in [0.15, 0.2) is 11.9 Å². The normalized spacial score (nSPS) is 16.9. The summed E-state index contributed by atoms with van der Waals surface area (Å²) in [5.74, 6) is 0.709. The fraction of sp³-hybridized carbons (Fsp3) is 0.289. The van der Waals surface area contributed by atoms with Crippen molar-refractivity contribution in [3.63, 3.8) is 0 Å². The van der Waals surface area contributed by atoms with Crippen molar-refractivity contribution in [3.05, 3.63) is 135 Å². The number of rotatable bonds is 7. The fourth-order valence-electron chi connectivity index (χ4n) is 7.25. The molecule has 0 spiro atoms. The first-order chi connectivity index (χ1) is 23.0. The average Bonchev–Trinajstić information content (AvgIpc) is 3.88. The number of amides is 1. The minimum atomic E-state index is -0.513. The molecule has 47 heavy (non-hydrogen) atoms. The summed E-state index contributed by atoms with van der Waals surface area (Å²) in [6, 6.07) is 31.5. The lowest BCUT2D eigenvalue weighted by molar-refractivity contribution is 0.0680. The second-order valence-corrected chi connectivity index (χ2v) is 13.2. The van der Waals surface area contributed by atoms with E-state index in [4.69, 9.17) is 21.3 Å². The molecule has 0 N–H and O–H groups in total. The molecule has 1 aromatic heterocycles. The second-order valence-electron chi connectivity index (χ2n) is 12.8. The van der Waals surface area contributed by atoms with Crippen LogP contribution < -0.4 is 10.6 Å². The summed E-state index contributed by atoms with van der Waals surface area (Å²) in [7, 11) is 1.77. The standard InChI is InChI=1S/C38H36ClN5O3/c1-41(38(46)47-35-29-14-7-5-12-27(29)28-13-6-8-15-30(28)35)34(26-18-19-26)36-40-32-17-9-16-31(39)33(32)37(45)44(36)43-22-20-42(21-23-43)24-25-10-3-2-4-11-25/h2-17,26,34-35H,18-24H2,1H3/t34-/m0/s1. The predicted molar refractivity (Wildman–Crippen MR) is 184 cm³/mol. The highest BCUT2D eigenvalue weighted by molar-refractivity contribution is 6.35. The van der Waals surface area contributed by atoms with Crippen molar-refractivity contribution >= 4 is 28.6 Å². The monoisotopic (exact) mass is 645 g/mol. The zero-order valence-electron chi connectivity index (χ0n) is 26.3. The zero-order chi connectivity index (χ0) is 32.1. The van der Waals surface area contributed by atoms with Crippen LogP contribution in [0.4, 0.5) is 4.79 Å². The van der Waals surface area contributed by atoms with Gasteiger partial charge in [-0.05, 0) is 47.6 Å². The molecule has 1 saturated carbocycles. The number of piperazine rings is 1. The van der Waals surface area contributed by atoms with Gasteiger partial charge in [0.1, 0.15) is 0 Å². The van der Waals surface area contributed by atoms with E-state index in [1.165, 1.54) is 5.56 Å². The van der Waals surface area contributed by atoms with Crippen LogP contribution in [-0.4, -0.2) is 58.8 Å². The molecular formula is C38H36ClN5O3. The molecule has 4 aromatic carbocycles. The van der Waals surface area contributed by atoms with Gasteiger partial charge in [-0.1, -0.05) is 96.5 Å². The van der Waals surface area contributed by atoms with Crippen LogP contribution in [0.5, 0.6) is 0 Å². The van der Waals surface area contributed by atoms with Crippen molar-refractivity contribution in [3.8, 4) is 11.1 Å². The molecular weight excluding hydrogens is 610 g/mol. The van der Waals surface area contributed by atoms with E-state index in [9.17, 15) is 9.59 Å². The van der Waals surface area contributed by atoms with Crippen molar-refractivity contribution in [2.45, 2.75) is 31.5 Å². The van der Waals surface area contributed by atoms with Gasteiger partial charge in [0.2, 0.25) is 0 Å². The molecule has 0 bridgehead atoms. The van der Waals surface area contributed by atoms with E-state index in [1.54, 1.807) is 22.7 Å². The van der Waals surface area contributed by atoms with Crippen LogP contribution in [0, 0.1) is 5.92 Å². The average molecular weight is 646 g/mol. The molecule has 0 radical (unpaired) electrons. The number of carbonyl (C=O) groups is 1. The fourth-order valence-corrected chi connectivity index (χ4v) is 7.50. The van der Waals surface area contributed by atoms with Crippen LogP contribution in [0.3, 0.4) is 0 Å². The third-order valence-electron chi connectivity index (χ3n) is 9.76. The smallest absolute Gasteiger partial charge is 0.411 e. The molecule has 1 amide bonds. The molecule has 2 aliphatic carbocycles. The Morgan fingerprint density at radius 1 is 0.872 bits per heavy atom. The Morgan fingerprint density at radius 2 is 1.51 bits per heavy atom. The molecule has 0 unspecified atom stereocenters. The first-order valence-corrected chi connectivity index (χ1v) is 16.7. The number of ether oxygens (including phenoxy) is 1. The first-order valence-electron chi connectivity index (χ1n) is 16.3. The second kappa shape index (κ2) is 12.2. The lowest BCUT2D eigenvalue weighted by Gasteiger charge is -2.39. The number of halogens is 1. The predicted octanol–water partition coefficient (Wildman–Crippen LogP) is 6.79. The number of nitrogens with zero attached hydrogens (tertiary/aromatic N) is 5. The maximum Gasteiger partial charge on any atom is 0.411 e. The van der Waals surface area contributed by atoms with Gasteiger partial charge in [0.25, 0.3) is 5.56 Å². The lowest BCUT2D eigenvalue weighted by atomic mass is 10.1. The summed E-state index contributed by atoms with van der Waals surface area (Å²) in [5, 5.41) is 2.84. The summed E-state index contributed by atoms with van der Waals surface area (Å²) >= 11 is 6.62. The highest BCUT2D eigenvalue weighted by atomic mass is 35.5. The van der Waals surface area contributed by atoms with Gasteiger partial charge in [-0.25, -0.2) is 14.5 Å². The van der Waals surface area contributed by atoms with Gasteiger partial charge < -0.3 is 14.6 Å². The number of hydrogen-bond donors (Lipinski definition) is 0. The van der Waals surface area contributed by atoms with E-state index in [2.05, 4.69) is 46.3 Å². The number of carbonyl (C=O) groups excluding carboxylic acids is 1. The Morgan fingerprint density at radius 3 is 2.17 bits per heavy atom. The topological polar surface area (TPSA) is 70.9 Å². The van der Waals surface area contributed by atoms with Crippen LogP contribution in [0.2, 0.25) is 5.02 Å². The van der Waals surface area contributed by atoms with Gasteiger partial charge in [-0.15, -0.1) is 0 Å². The van der Waals surface area contributed by atoms with E-state index in [0.29, 0.717) is 34.8 Å². The van der Waals surface area contributed by atoms with Crippen molar-refractivity contribution in [1.82, 2.24) is 19.5 Å². The Balaban J connectivity index is 1.13. The highest BCUT2D eigenvalue weighted by Gasteiger charge is 2.43. The van der Waals surface area contributed by atoms with E-state index in [1.807, 2.05) is 54.6 Å². The molecule has 2 fully saturated rings. The van der Waals surface area contributed by atoms with Crippen LogP contribution in [0.15, 0.2) is 102 Å². The van der Waals surface area contributed by atoms with Crippen LogP contribution >= 0.6 is 11.6 Å². The van der Waals surface area contributed by atoms with E-state index in [0.717, 1.165) is 54.7 Å². The Bertz CT molecular complexity index is 1970. The summed E-state index contributed by atoms with van der Waals surface area (Å²) < 4.78 is 8.04. The largest absolute Gasteiger partial charge is 0.436 e. The molecule has 5 aromatic rings. The molecule has 8 nitrogen and oxygen atoms in total. The van der Waals surface area contributed by atoms with Crippen molar-refractivity contribution in [1.29, 1.82) is 0 Å². The molecule has 8 rings (SSSR count). The quantitative estimate of drug-likeness (QED) is 0.194. The zero-order valence-corrected chi connectivity index (χ0v) is 27.0. The maximum absolute atomic E-state index is 14.4. The Hall–Kier alpha value is -4.66. The minimum Gasteiger partial charge on any atom is -0.436 e. The van der Waals surface area contributed by atoms with Gasteiger partial charge in [-0.3, -0.25) is 9.69 Å². The highest BCUT2D eigenvalue weighted by Crippen LogP contribution is 2.47. The SMILES string of the molecule is CN(C(=O)OC1c2ccccc2-c2ccccc21)[C@H](c1nc2cccc(Cl)c2c(=O)n1N1CCN(Cc2ccccc2)CC1)C1CC1. The van der Waals surface area contributed by atoms with E-state index in [-0.39, 0.29) is 11.5 Å².